The molecule has 1 atom stereocenters. The van der Waals surface area contributed by atoms with Gasteiger partial charge in [0.2, 0.25) is 11.8 Å². The van der Waals surface area contributed by atoms with E-state index in [1.54, 1.807) is 0 Å². The van der Waals surface area contributed by atoms with E-state index in [4.69, 9.17) is 0 Å². The Hall–Kier alpha value is -1.84. The van der Waals surface area contributed by atoms with E-state index >= 15 is 0 Å². The molecule has 3 rings (SSSR count). The number of carbonyl (C=O) groups excluding carboxylic acids is 2. The van der Waals surface area contributed by atoms with Gasteiger partial charge in [0.1, 0.15) is 0 Å². The summed E-state index contributed by atoms with van der Waals surface area (Å²) in [4.78, 5) is 25.9. The molecule has 0 unspecified atom stereocenters. The summed E-state index contributed by atoms with van der Waals surface area (Å²) in [7, 11) is 0. The summed E-state index contributed by atoms with van der Waals surface area (Å²) < 4.78 is 0. The highest BCUT2D eigenvalue weighted by Gasteiger charge is 2.37. The molecule has 1 aromatic rings. The van der Waals surface area contributed by atoms with Gasteiger partial charge in [0.05, 0.1) is 11.6 Å². The van der Waals surface area contributed by atoms with E-state index in [1.165, 1.54) is 5.56 Å². The predicted molar refractivity (Wildman–Crippen MR) is 79.1 cm³/mol. The number of carbonyl (C=O) groups is 2. The molecule has 0 radical (unpaired) electrons. The van der Waals surface area contributed by atoms with Gasteiger partial charge in [-0.15, -0.1) is 0 Å². The first kappa shape index (κ1) is 13.2. The number of anilines is 2. The van der Waals surface area contributed by atoms with E-state index in [0.717, 1.165) is 42.7 Å². The first-order valence-electron chi connectivity index (χ1n) is 7.40. The molecule has 2 amide bonds. The van der Waals surface area contributed by atoms with E-state index < -0.39 is 0 Å². The minimum Gasteiger partial charge on any atom is -0.326 e. The molecular formula is C16H20N2O2. The zero-order valence-corrected chi connectivity index (χ0v) is 12.0. The summed E-state index contributed by atoms with van der Waals surface area (Å²) in [6, 6.07) is 4.00. The maximum atomic E-state index is 12.3. The third kappa shape index (κ3) is 1.99. The number of hydrogen-bond donors (Lipinski definition) is 1. The van der Waals surface area contributed by atoms with Gasteiger partial charge in [-0.2, -0.15) is 0 Å². The van der Waals surface area contributed by atoms with Gasteiger partial charge in [-0.05, 0) is 49.4 Å². The Balaban J connectivity index is 1.98. The van der Waals surface area contributed by atoms with E-state index in [1.807, 2.05) is 30.9 Å². The van der Waals surface area contributed by atoms with Crippen molar-refractivity contribution in [1.29, 1.82) is 0 Å². The normalized spacial score (nSPS) is 20.0. The van der Waals surface area contributed by atoms with E-state index in [9.17, 15) is 9.59 Å². The van der Waals surface area contributed by atoms with E-state index in [-0.39, 0.29) is 17.7 Å². The molecule has 2 heterocycles. The number of rotatable bonds is 3. The van der Waals surface area contributed by atoms with Gasteiger partial charge in [0, 0.05) is 18.7 Å². The van der Waals surface area contributed by atoms with Crippen molar-refractivity contribution in [3.8, 4) is 0 Å². The Morgan fingerprint density at radius 2 is 2.25 bits per heavy atom. The van der Waals surface area contributed by atoms with Crippen LogP contribution in [0.3, 0.4) is 0 Å². The van der Waals surface area contributed by atoms with Gasteiger partial charge in [-0.25, -0.2) is 0 Å². The molecule has 2 aliphatic heterocycles. The first-order chi connectivity index (χ1) is 9.61. The molecule has 0 fully saturated rings. The number of amides is 2. The van der Waals surface area contributed by atoms with Crippen LogP contribution in [0.1, 0.15) is 50.2 Å². The van der Waals surface area contributed by atoms with Crippen LogP contribution in [-0.2, 0) is 16.0 Å². The Labute approximate surface area is 119 Å². The number of hydrogen-bond acceptors (Lipinski definition) is 2. The average molecular weight is 272 g/mol. The second kappa shape index (κ2) is 4.93. The van der Waals surface area contributed by atoms with E-state index in [2.05, 4.69) is 5.32 Å². The lowest BCUT2D eigenvalue weighted by molar-refractivity contribution is -0.119. The lowest BCUT2D eigenvalue weighted by atomic mass is 9.96. The van der Waals surface area contributed by atoms with Crippen molar-refractivity contribution in [2.75, 3.05) is 16.8 Å². The average Bonchev–Trinajstić information content (AvgIpc) is 2.66. The predicted octanol–water partition coefficient (Wildman–Crippen LogP) is 2.82. The fourth-order valence-corrected chi connectivity index (χ4v) is 3.22. The molecule has 106 valence electrons. The number of benzene rings is 1. The summed E-state index contributed by atoms with van der Waals surface area (Å²) in [5, 5.41) is 2.95. The van der Waals surface area contributed by atoms with Crippen molar-refractivity contribution < 1.29 is 9.59 Å². The van der Waals surface area contributed by atoms with Gasteiger partial charge >= 0.3 is 0 Å². The fraction of sp³-hybridized carbons (Fsp3) is 0.500. The lowest BCUT2D eigenvalue weighted by Crippen LogP contribution is -2.32. The summed E-state index contributed by atoms with van der Waals surface area (Å²) >= 11 is 0. The zero-order chi connectivity index (χ0) is 14.3. The summed E-state index contributed by atoms with van der Waals surface area (Å²) in [6.45, 7) is 4.77. The topological polar surface area (TPSA) is 49.4 Å². The monoisotopic (exact) mass is 272 g/mol. The van der Waals surface area contributed by atoms with Crippen LogP contribution in [0, 0.1) is 0 Å². The van der Waals surface area contributed by atoms with Crippen molar-refractivity contribution >= 4 is 23.2 Å². The standard InChI is InChI=1S/C16H20N2O2/c1-3-5-14(19)17-12-8-11-6-4-7-18-15(11)13(9-12)10(2)16(18)20/h8-10H,3-7H2,1-2H3,(H,17,19)/t10-/m0/s1. The van der Waals surface area contributed by atoms with Crippen molar-refractivity contribution in [2.45, 2.75) is 45.4 Å². The third-order valence-corrected chi connectivity index (χ3v) is 4.18. The smallest absolute Gasteiger partial charge is 0.234 e. The van der Waals surface area contributed by atoms with Gasteiger partial charge < -0.3 is 10.2 Å². The number of nitrogens with one attached hydrogen (secondary N) is 1. The maximum Gasteiger partial charge on any atom is 0.234 e. The molecule has 1 aromatic carbocycles. The lowest BCUT2D eigenvalue weighted by Gasteiger charge is -2.26. The molecule has 0 bridgehead atoms. The Morgan fingerprint density at radius 1 is 1.45 bits per heavy atom. The molecular weight excluding hydrogens is 252 g/mol. The van der Waals surface area contributed by atoms with Crippen LogP contribution in [0.5, 0.6) is 0 Å². The van der Waals surface area contributed by atoms with Gasteiger partial charge in [0.15, 0.2) is 0 Å². The zero-order valence-electron chi connectivity index (χ0n) is 12.0. The molecule has 20 heavy (non-hydrogen) atoms. The van der Waals surface area contributed by atoms with Crippen LogP contribution >= 0.6 is 0 Å². The molecule has 0 spiro atoms. The molecule has 0 aromatic heterocycles. The summed E-state index contributed by atoms with van der Waals surface area (Å²) in [5.74, 6) is 0.146. The van der Waals surface area contributed by atoms with Crippen LogP contribution in [-0.4, -0.2) is 18.4 Å². The van der Waals surface area contributed by atoms with Crippen molar-refractivity contribution in [3.05, 3.63) is 23.3 Å². The first-order valence-corrected chi connectivity index (χ1v) is 7.40. The van der Waals surface area contributed by atoms with Crippen LogP contribution in [0.25, 0.3) is 0 Å². The van der Waals surface area contributed by atoms with Gasteiger partial charge in [-0.3, -0.25) is 9.59 Å². The van der Waals surface area contributed by atoms with E-state index in [0.29, 0.717) is 6.42 Å². The van der Waals surface area contributed by atoms with Gasteiger partial charge in [-0.1, -0.05) is 6.92 Å². The minimum atomic E-state index is -0.0927. The molecule has 4 heteroatoms. The second-order valence-electron chi connectivity index (χ2n) is 5.69. The van der Waals surface area contributed by atoms with Crippen LogP contribution < -0.4 is 10.2 Å². The highest BCUT2D eigenvalue weighted by atomic mass is 16.2. The summed E-state index contributed by atoms with van der Waals surface area (Å²) in [6.07, 6.45) is 3.35. The Bertz CT molecular complexity index is 580. The Kier molecular flexibility index (Phi) is 3.24. The Morgan fingerprint density at radius 3 is 3.00 bits per heavy atom. The maximum absolute atomic E-state index is 12.3. The minimum absolute atomic E-state index is 0.0456. The summed E-state index contributed by atoms with van der Waals surface area (Å²) in [5.41, 5.74) is 4.19. The quantitative estimate of drug-likeness (QED) is 0.919. The van der Waals surface area contributed by atoms with Gasteiger partial charge in [0.25, 0.3) is 0 Å². The molecule has 0 saturated carbocycles. The molecule has 0 aliphatic carbocycles. The number of nitrogens with zero attached hydrogens (tertiary/aromatic N) is 1. The van der Waals surface area contributed by atoms with Crippen LogP contribution in [0.4, 0.5) is 11.4 Å². The molecule has 4 nitrogen and oxygen atoms in total. The second-order valence-corrected chi connectivity index (χ2v) is 5.69. The molecule has 2 aliphatic rings. The highest BCUT2D eigenvalue weighted by molar-refractivity contribution is 6.06. The van der Waals surface area contributed by atoms with Crippen molar-refractivity contribution in [1.82, 2.24) is 0 Å². The highest BCUT2D eigenvalue weighted by Crippen LogP contribution is 2.44. The van der Waals surface area contributed by atoms with Crippen LogP contribution in [0.2, 0.25) is 0 Å². The fourth-order valence-electron chi connectivity index (χ4n) is 3.22. The SMILES string of the molecule is CCCC(=O)Nc1cc2c3c(c1)[C@H](C)C(=O)N3CCC2. The largest absolute Gasteiger partial charge is 0.326 e. The van der Waals surface area contributed by atoms with Crippen molar-refractivity contribution in [2.24, 2.45) is 0 Å². The third-order valence-electron chi connectivity index (χ3n) is 4.18. The van der Waals surface area contributed by atoms with Crippen molar-refractivity contribution in [3.63, 3.8) is 0 Å². The number of aryl methyl sites for hydroxylation is 1. The van der Waals surface area contributed by atoms with Crippen LogP contribution in [0.15, 0.2) is 12.1 Å². The molecule has 0 saturated heterocycles. The molecule has 1 N–H and O–H groups in total.